The second-order valence-electron chi connectivity index (χ2n) is 9.61. The molecule has 0 amide bonds. The first-order valence-electron chi connectivity index (χ1n) is 13.8. The highest BCUT2D eigenvalue weighted by molar-refractivity contribution is 5.94. The van der Waals surface area contributed by atoms with Crippen molar-refractivity contribution in [3.63, 3.8) is 0 Å². The van der Waals surface area contributed by atoms with Gasteiger partial charge in [-0.2, -0.15) is 0 Å². The molecule has 1 N–H and O–H groups in total. The average Bonchev–Trinajstić information content (AvgIpc) is 2.95. The molecular weight excluding hydrogens is 471 g/mol. The Kier molecular flexibility index (Phi) is 10.1. The van der Waals surface area contributed by atoms with Gasteiger partial charge in [0.05, 0.1) is 11.1 Å². The van der Waals surface area contributed by atoms with Crippen molar-refractivity contribution in [1.29, 1.82) is 0 Å². The van der Waals surface area contributed by atoms with Crippen molar-refractivity contribution in [3.05, 3.63) is 107 Å². The molecule has 1 aromatic heterocycles. The summed E-state index contributed by atoms with van der Waals surface area (Å²) in [6.45, 7) is 19.4. The van der Waals surface area contributed by atoms with E-state index in [-0.39, 0.29) is 11.2 Å². The molecule has 2 heterocycles. The van der Waals surface area contributed by atoms with E-state index in [4.69, 9.17) is 0 Å². The van der Waals surface area contributed by atoms with E-state index in [1.807, 2.05) is 32.2 Å². The third-order valence-electron chi connectivity index (χ3n) is 7.14. The quantitative estimate of drug-likeness (QED) is 0.211. The lowest BCUT2D eigenvalue weighted by Crippen LogP contribution is -2.23. The zero-order valence-electron chi connectivity index (χ0n) is 23.4. The smallest absolute Gasteiger partial charge is 0.198 e. The first kappa shape index (κ1) is 28.9. The largest absolute Gasteiger partial charge is 0.385 e. The maximum absolute atomic E-state index is 14.6. The molecule has 200 valence electrons. The van der Waals surface area contributed by atoms with Crippen LogP contribution >= 0.6 is 0 Å². The van der Waals surface area contributed by atoms with Crippen LogP contribution in [-0.4, -0.2) is 11.1 Å². The third-order valence-corrected chi connectivity index (χ3v) is 7.14. The summed E-state index contributed by atoms with van der Waals surface area (Å²) in [5.74, 6) is 0.242. The predicted molar refractivity (Wildman–Crippen MR) is 163 cm³/mol. The molecule has 3 nitrogen and oxygen atoms in total. The van der Waals surface area contributed by atoms with Crippen molar-refractivity contribution in [2.45, 2.75) is 59.8 Å². The summed E-state index contributed by atoms with van der Waals surface area (Å²) < 4.78 is 16.7. The Labute approximate surface area is 226 Å². The lowest BCUT2D eigenvalue weighted by atomic mass is 9.91. The van der Waals surface area contributed by atoms with Crippen LogP contribution in [0.1, 0.15) is 70.1 Å². The molecule has 0 radical (unpaired) electrons. The lowest BCUT2D eigenvalue weighted by Gasteiger charge is -2.26. The van der Waals surface area contributed by atoms with Crippen molar-refractivity contribution in [1.82, 2.24) is 9.88 Å². The van der Waals surface area contributed by atoms with Crippen LogP contribution in [-0.2, 0) is 6.42 Å². The zero-order valence-corrected chi connectivity index (χ0v) is 23.4. The highest BCUT2D eigenvalue weighted by atomic mass is 19.1. The van der Waals surface area contributed by atoms with Gasteiger partial charge in [-0.15, -0.1) is 13.2 Å². The summed E-state index contributed by atoms with van der Waals surface area (Å²) >= 11 is 0. The average molecular weight is 513 g/mol. The molecule has 3 aromatic carbocycles. The van der Waals surface area contributed by atoms with Gasteiger partial charge >= 0.3 is 0 Å². The van der Waals surface area contributed by atoms with E-state index >= 15 is 0 Å². The van der Waals surface area contributed by atoms with E-state index in [0.717, 1.165) is 46.1 Å². The van der Waals surface area contributed by atoms with Crippen LogP contribution in [0.25, 0.3) is 33.1 Å². The van der Waals surface area contributed by atoms with Gasteiger partial charge < -0.3 is 9.88 Å². The van der Waals surface area contributed by atoms with Gasteiger partial charge in [0.2, 0.25) is 0 Å². The summed E-state index contributed by atoms with van der Waals surface area (Å²) in [7, 11) is 0. The predicted octanol–water partition coefficient (Wildman–Crippen LogP) is 8.79. The second kappa shape index (κ2) is 13.2. The number of unbranched alkanes of at least 4 members (excludes halogenated alkanes) is 1. The van der Waals surface area contributed by atoms with E-state index in [1.165, 1.54) is 25.3 Å². The number of nitrogens with one attached hydrogen (secondary N) is 1. The number of rotatable bonds is 8. The number of hydrogen-bond donors (Lipinski definition) is 1. The summed E-state index contributed by atoms with van der Waals surface area (Å²) in [5.41, 5.74) is 4.72. The molecule has 0 aliphatic carbocycles. The summed E-state index contributed by atoms with van der Waals surface area (Å²) in [4.78, 5) is 13.4. The number of pyridine rings is 1. The van der Waals surface area contributed by atoms with Crippen molar-refractivity contribution in [2.24, 2.45) is 5.92 Å². The molecule has 1 aliphatic rings. The first-order valence-corrected chi connectivity index (χ1v) is 13.8. The summed E-state index contributed by atoms with van der Waals surface area (Å²) in [6, 6.07) is 15.4. The summed E-state index contributed by atoms with van der Waals surface area (Å²) in [6.07, 6.45) is 7.15. The Hall–Kier alpha value is -3.66. The zero-order chi connectivity index (χ0) is 27.8. The van der Waals surface area contributed by atoms with Gasteiger partial charge in [0.1, 0.15) is 5.82 Å². The minimum Gasteiger partial charge on any atom is -0.385 e. The SMILES string of the molecule is C=C.C=C(NCCC(C)CCCC)c1cn2c3c(cc(F)cc3c1=O)Cc1c-2ccc2ccccc12.CC. The van der Waals surface area contributed by atoms with Crippen molar-refractivity contribution in [2.75, 3.05) is 6.54 Å². The number of nitrogens with zero attached hydrogens (tertiary/aromatic N) is 1. The van der Waals surface area contributed by atoms with E-state index in [1.54, 1.807) is 6.07 Å². The highest BCUT2D eigenvalue weighted by Crippen LogP contribution is 2.36. The second-order valence-corrected chi connectivity index (χ2v) is 9.61. The van der Waals surface area contributed by atoms with Crippen LogP contribution in [0.4, 0.5) is 4.39 Å². The van der Waals surface area contributed by atoms with Gasteiger partial charge in [-0.3, -0.25) is 4.79 Å². The molecule has 0 spiro atoms. The molecule has 0 saturated heterocycles. The fraction of sp³-hybridized carbons (Fsp3) is 0.324. The first-order chi connectivity index (χ1) is 18.5. The molecule has 1 unspecified atom stereocenters. The molecule has 1 aliphatic heterocycles. The fourth-order valence-electron chi connectivity index (χ4n) is 5.24. The van der Waals surface area contributed by atoms with Gasteiger partial charge in [-0.25, -0.2) is 4.39 Å². The minimum absolute atomic E-state index is 0.173. The number of hydrogen-bond acceptors (Lipinski definition) is 2. The maximum atomic E-state index is 14.6. The van der Waals surface area contributed by atoms with Crippen LogP contribution in [0, 0.1) is 11.7 Å². The Balaban J connectivity index is 0.000000956. The lowest BCUT2D eigenvalue weighted by molar-refractivity contribution is 0.468. The number of aromatic nitrogens is 1. The Bertz CT molecular complexity index is 1480. The van der Waals surface area contributed by atoms with Crippen molar-refractivity contribution >= 4 is 27.4 Å². The number of halogens is 1. The number of benzene rings is 3. The van der Waals surface area contributed by atoms with E-state index in [2.05, 4.69) is 67.7 Å². The molecule has 38 heavy (non-hydrogen) atoms. The van der Waals surface area contributed by atoms with Gasteiger partial charge in [-0.05, 0) is 52.4 Å². The fourth-order valence-corrected chi connectivity index (χ4v) is 5.24. The van der Waals surface area contributed by atoms with Crippen LogP contribution < -0.4 is 10.7 Å². The molecule has 0 fully saturated rings. The molecule has 0 saturated carbocycles. The normalized spacial score (nSPS) is 12.0. The van der Waals surface area contributed by atoms with E-state index < -0.39 is 0 Å². The monoisotopic (exact) mass is 512 g/mol. The molecule has 4 aromatic rings. The van der Waals surface area contributed by atoms with Crippen LogP contribution in [0.5, 0.6) is 0 Å². The van der Waals surface area contributed by atoms with Crippen molar-refractivity contribution < 1.29 is 4.39 Å². The van der Waals surface area contributed by atoms with Gasteiger partial charge in [0, 0.05) is 35.9 Å². The molecule has 1 atom stereocenters. The molecule has 5 rings (SSSR count). The molecule has 0 bridgehead atoms. The molecule has 4 heteroatoms. The Morgan fingerprint density at radius 2 is 1.82 bits per heavy atom. The van der Waals surface area contributed by atoms with E-state index in [0.29, 0.717) is 29.0 Å². The van der Waals surface area contributed by atoms with Gasteiger partial charge in [0.15, 0.2) is 5.43 Å². The summed E-state index contributed by atoms with van der Waals surface area (Å²) in [5, 5.41) is 6.08. The van der Waals surface area contributed by atoms with Crippen LogP contribution in [0.3, 0.4) is 0 Å². The Morgan fingerprint density at radius 1 is 1.08 bits per heavy atom. The minimum atomic E-state index is -0.379. The Morgan fingerprint density at radius 3 is 2.55 bits per heavy atom. The number of fused-ring (bicyclic) bond motifs is 4. The maximum Gasteiger partial charge on any atom is 0.198 e. The van der Waals surface area contributed by atoms with E-state index in [9.17, 15) is 9.18 Å². The molecular formula is C34H41FN2O. The topological polar surface area (TPSA) is 34.0 Å². The van der Waals surface area contributed by atoms with Crippen LogP contribution in [0.2, 0.25) is 0 Å². The highest BCUT2D eigenvalue weighted by Gasteiger charge is 2.23. The van der Waals surface area contributed by atoms with Gasteiger partial charge in [-0.1, -0.05) is 83.9 Å². The van der Waals surface area contributed by atoms with Crippen LogP contribution in [0.15, 0.2) is 79.3 Å². The third kappa shape index (κ3) is 5.75. The van der Waals surface area contributed by atoms with Gasteiger partial charge in [0.25, 0.3) is 0 Å². The van der Waals surface area contributed by atoms with Crippen molar-refractivity contribution in [3.8, 4) is 5.69 Å². The standard InChI is InChI=1S/C30H31FN2O.C2H6.C2H4/c1-4-5-8-19(2)13-14-32-20(3)27-18-33-28-12-11-21-9-6-7-10-24(21)25(28)16-22-15-23(31)17-26(29(22)33)30(27)34;2*1-2/h6-7,9-12,15,17-19,32H,3-5,8,13-14,16H2,1-2H3;1-2H3;1-2H2.